The minimum absolute atomic E-state index is 0.0836. The van der Waals surface area contributed by atoms with Crippen molar-refractivity contribution in [2.75, 3.05) is 13.2 Å². The van der Waals surface area contributed by atoms with Gasteiger partial charge in [-0.3, -0.25) is 14.4 Å². The molecular weight excluding hydrogens is 398 g/mol. The van der Waals surface area contributed by atoms with E-state index in [-0.39, 0.29) is 36.7 Å². The maximum atomic E-state index is 12.7. The number of ether oxygens (including phenoxy) is 3. The predicted molar refractivity (Wildman–Crippen MR) is 115 cm³/mol. The summed E-state index contributed by atoms with van der Waals surface area (Å²) in [7, 11) is 0. The van der Waals surface area contributed by atoms with E-state index in [9.17, 15) is 14.4 Å². The first-order valence-corrected chi connectivity index (χ1v) is 10.8. The molecule has 31 heavy (non-hydrogen) atoms. The Labute approximate surface area is 183 Å². The van der Waals surface area contributed by atoms with E-state index >= 15 is 0 Å². The first-order valence-electron chi connectivity index (χ1n) is 10.8. The third-order valence-corrected chi connectivity index (χ3v) is 5.92. The van der Waals surface area contributed by atoms with E-state index in [1.165, 1.54) is 12.5 Å². The molecule has 7 nitrogen and oxygen atoms in total. The molecule has 0 unspecified atom stereocenters. The molecule has 3 rings (SSSR count). The second kappa shape index (κ2) is 9.12. The summed E-state index contributed by atoms with van der Waals surface area (Å²) in [5.74, 6) is 0.109. The van der Waals surface area contributed by atoms with E-state index in [0.29, 0.717) is 23.7 Å². The lowest BCUT2D eigenvalue weighted by atomic mass is 9.67. The van der Waals surface area contributed by atoms with E-state index in [1.807, 2.05) is 0 Å². The highest BCUT2D eigenvalue weighted by molar-refractivity contribution is 5.95. The summed E-state index contributed by atoms with van der Waals surface area (Å²) in [5, 5.41) is 2.71. The molecule has 2 atom stereocenters. The molecule has 0 aromatic heterocycles. The molecule has 1 aliphatic heterocycles. The van der Waals surface area contributed by atoms with Crippen molar-refractivity contribution in [3.05, 3.63) is 34.9 Å². The lowest BCUT2D eigenvalue weighted by Crippen LogP contribution is -2.45. The van der Waals surface area contributed by atoms with Crippen LogP contribution in [0.15, 0.2) is 23.8 Å². The number of esters is 2. The average Bonchev–Trinajstić information content (AvgIpc) is 2.66. The Balaban J connectivity index is 1.93. The molecule has 1 N–H and O–H groups in total. The molecule has 0 saturated carbocycles. The number of hydrogen-bond acceptors (Lipinski definition) is 6. The maximum Gasteiger partial charge on any atom is 0.308 e. The van der Waals surface area contributed by atoms with Gasteiger partial charge in [0.25, 0.3) is 5.91 Å². The van der Waals surface area contributed by atoms with Gasteiger partial charge in [0, 0.05) is 36.4 Å². The lowest BCUT2D eigenvalue weighted by molar-refractivity contribution is -0.143. The molecule has 2 aliphatic rings. The Morgan fingerprint density at radius 2 is 2.00 bits per heavy atom. The first-order chi connectivity index (χ1) is 14.6. The average molecular weight is 430 g/mol. The molecule has 0 radical (unpaired) electrons. The van der Waals surface area contributed by atoms with E-state index in [2.05, 4.69) is 32.2 Å². The fraction of sp³-hybridized carbons (Fsp3) is 0.542. The van der Waals surface area contributed by atoms with Crippen molar-refractivity contribution in [3.63, 3.8) is 0 Å². The Morgan fingerprint density at radius 3 is 2.68 bits per heavy atom. The predicted octanol–water partition coefficient (Wildman–Crippen LogP) is 3.91. The van der Waals surface area contributed by atoms with Gasteiger partial charge in [0.05, 0.1) is 13.0 Å². The molecule has 1 amide bonds. The number of amides is 1. The van der Waals surface area contributed by atoms with E-state index < -0.39 is 11.6 Å². The van der Waals surface area contributed by atoms with E-state index in [1.54, 1.807) is 19.1 Å². The van der Waals surface area contributed by atoms with Crippen LogP contribution in [-0.2, 0) is 14.3 Å². The van der Waals surface area contributed by atoms with Crippen molar-refractivity contribution in [2.24, 2.45) is 5.92 Å². The van der Waals surface area contributed by atoms with Crippen molar-refractivity contribution < 1.29 is 28.6 Å². The van der Waals surface area contributed by atoms with Crippen LogP contribution in [0.2, 0.25) is 0 Å². The second-order valence-electron chi connectivity index (χ2n) is 8.70. The molecule has 1 aliphatic carbocycles. The van der Waals surface area contributed by atoms with Crippen molar-refractivity contribution in [1.29, 1.82) is 0 Å². The topological polar surface area (TPSA) is 90.9 Å². The molecule has 1 heterocycles. The summed E-state index contributed by atoms with van der Waals surface area (Å²) < 4.78 is 16.8. The van der Waals surface area contributed by atoms with Gasteiger partial charge in [-0.05, 0) is 52.7 Å². The van der Waals surface area contributed by atoms with Gasteiger partial charge in [0.1, 0.15) is 17.1 Å². The Hall–Kier alpha value is -2.83. The number of carbonyl (C=O) groups excluding carboxylic acids is 3. The normalized spacial score (nSPS) is 21.0. The number of carbonyl (C=O) groups is 3. The lowest BCUT2D eigenvalue weighted by Gasteiger charge is -2.47. The van der Waals surface area contributed by atoms with Gasteiger partial charge in [-0.2, -0.15) is 0 Å². The van der Waals surface area contributed by atoms with Crippen LogP contribution >= 0.6 is 0 Å². The largest absolute Gasteiger partial charge is 0.487 e. The zero-order valence-electron chi connectivity index (χ0n) is 18.9. The zero-order chi connectivity index (χ0) is 22.8. The van der Waals surface area contributed by atoms with Crippen LogP contribution in [0.25, 0.3) is 0 Å². The second-order valence-corrected chi connectivity index (χ2v) is 8.70. The summed E-state index contributed by atoms with van der Waals surface area (Å²) in [4.78, 5) is 36.1. The van der Waals surface area contributed by atoms with Gasteiger partial charge < -0.3 is 19.5 Å². The molecule has 168 valence electrons. The van der Waals surface area contributed by atoms with Crippen LogP contribution in [0.4, 0.5) is 0 Å². The molecular formula is C24H31NO6. The van der Waals surface area contributed by atoms with Gasteiger partial charge in [0.2, 0.25) is 0 Å². The van der Waals surface area contributed by atoms with Gasteiger partial charge in [-0.25, -0.2) is 0 Å². The van der Waals surface area contributed by atoms with E-state index in [0.717, 1.165) is 18.4 Å². The minimum atomic E-state index is -0.452. The van der Waals surface area contributed by atoms with Crippen LogP contribution in [-0.4, -0.2) is 36.6 Å². The molecule has 1 aromatic carbocycles. The third-order valence-electron chi connectivity index (χ3n) is 5.92. The van der Waals surface area contributed by atoms with Crippen LogP contribution in [0, 0.1) is 5.92 Å². The number of nitrogens with one attached hydrogen (secondary N) is 1. The molecule has 0 bridgehead atoms. The Kier molecular flexibility index (Phi) is 6.72. The van der Waals surface area contributed by atoms with Gasteiger partial charge >= 0.3 is 11.9 Å². The smallest absolute Gasteiger partial charge is 0.308 e. The number of hydrogen-bond donors (Lipinski definition) is 1. The number of rotatable bonds is 6. The molecule has 1 aromatic rings. The molecule has 0 saturated heterocycles. The van der Waals surface area contributed by atoms with E-state index in [4.69, 9.17) is 14.2 Å². The van der Waals surface area contributed by atoms with Gasteiger partial charge in [-0.15, -0.1) is 0 Å². The third kappa shape index (κ3) is 5.09. The SMILES string of the molecule is CCOC(=O)CCNC(=O)c1cc(OC(C)=O)c2c(c1)OC(C)(C)[C@@H]1CC=C(C)C[C@@H]21. The summed E-state index contributed by atoms with van der Waals surface area (Å²) in [6.45, 7) is 9.74. The van der Waals surface area contributed by atoms with Crippen LogP contribution in [0.5, 0.6) is 11.5 Å². The highest BCUT2D eigenvalue weighted by Crippen LogP contribution is 2.54. The van der Waals surface area contributed by atoms with Gasteiger partial charge in [-0.1, -0.05) is 11.6 Å². The van der Waals surface area contributed by atoms with Crippen molar-refractivity contribution in [1.82, 2.24) is 5.32 Å². The number of fused-ring (bicyclic) bond motifs is 3. The van der Waals surface area contributed by atoms with Crippen LogP contribution < -0.4 is 14.8 Å². The van der Waals surface area contributed by atoms with Crippen molar-refractivity contribution >= 4 is 17.8 Å². The van der Waals surface area contributed by atoms with Crippen LogP contribution in [0.3, 0.4) is 0 Å². The standard InChI is InChI=1S/C24H31NO6/c1-6-29-21(27)9-10-25-23(28)16-12-19(30-15(3)26)22-17-11-14(2)7-8-18(17)24(4,5)31-20(22)13-16/h7,12-13,17-18H,6,8-11H2,1-5H3,(H,25,28)/t17-,18-/m1/s1. The monoisotopic (exact) mass is 429 g/mol. The zero-order valence-corrected chi connectivity index (χ0v) is 18.9. The molecule has 0 spiro atoms. The highest BCUT2D eigenvalue weighted by Gasteiger charge is 2.46. The summed E-state index contributed by atoms with van der Waals surface area (Å²) in [6, 6.07) is 3.29. The number of allylic oxidation sites excluding steroid dienone is 2. The van der Waals surface area contributed by atoms with Crippen molar-refractivity contribution in [2.45, 2.75) is 65.4 Å². The first kappa shape index (κ1) is 22.8. The highest BCUT2D eigenvalue weighted by atomic mass is 16.5. The molecule has 7 heteroatoms. The Bertz CT molecular complexity index is 917. The quantitative estimate of drug-likeness (QED) is 0.419. The number of benzene rings is 1. The fourth-order valence-corrected chi connectivity index (χ4v) is 4.53. The fourth-order valence-electron chi connectivity index (χ4n) is 4.53. The minimum Gasteiger partial charge on any atom is -0.487 e. The van der Waals surface area contributed by atoms with Gasteiger partial charge in [0.15, 0.2) is 0 Å². The van der Waals surface area contributed by atoms with Crippen molar-refractivity contribution in [3.8, 4) is 11.5 Å². The summed E-state index contributed by atoms with van der Waals surface area (Å²) in [6.07, 6.45) is 4.07. The van der Waals surface area contributed by atoms with Crippen LogP contribution in [0.1, 0.15) is 75.7 Å². The summed E-state index contributed by atoms with van der Waals surface area (Å²) in [5.41, 5.74) is 2.02. The molecule has 0 fully saturated rings. The maximum absolute atomic E-state index is 12.7. The summed E-state index contributed by atoms with van der Waals surface area (Å²) >= 11 is 0. The Morgan fingerprint density at radius 1 is 1.26 bits per heavy atom.